The van der Waals surface area contributed by atoms with E-state index in [4.69, 9.17) is 34.8 Å². The lowest BCUT2D eigenvalue weighted by Crippen LogP contribution is -2.53. The van der Waals surface area contributed by atoms with Gasteiger partial charge in [-0.2, -0.15) is 0 Å². The van der Waals surface area contributed by atoms with Crippen molar-refractivity contribution in [2.24, 2.45) is 0 Å². The van der Waals surface area contributed by atoms with Crippen molar-refractivity contribution in [1.82, 2.24) is 10.2 Å². The van der Waals surface area contributed by atoms with Gasteiger partial charge in [0.1, 0.15) is 12.6 Å². The summed E-state index contributed by atoms with van der Waals surface area (Å²) in [6.45, 7) is 8.91. The summed E-state index contributed by atoms with van der Waals surface area (Å²) in [5.41, 5.74) is 2.81. The van der Waals surface area contributed by atoms with E-state index in [1.165, 1.54) is 29.2 Å². The number of hydrogen-bond acceptors (Lipinski definition) is 4. The smallest absolute Gasteiger partial charge is 0.264 e. The average Bonchev–Trinajstić information content (AvgIpc) is 2.95. The highest BCUT2D eigenvalue weighted by molar-refractivity contribution is 7.92. The summed E-state index contributed by atoms with van der Waals surface area (Å²) in [7, 11) is -4.20. The van der Waals surface area contributed by atoms with Crippen LogP contribution in [0.4, 0.5) is 5.69 Å². The molecule has 0 bridgehead atoms. The number of nitrogens with one attached hydrogen (secondary N) is 1. The van der Waals surface area contributed by atoms with Gasteiger partial charge in [0.2, 0.25) is 11.8 Å². The molecule has 0 radical (unpaired) electrons. The Labute approximate surface area is 263 Å². The van der Waals surface area contributed by atoms with Gasteiger partial charge < -0.3 is 10.2 Å². The van der Waals surface area contributed by atoms with Crippen LogP contribution in [-0.2, 0) is 26.2 Å². The van der Waals surface area contributed by atoms with E-state index in [-0.39, 0.29) is 23.4 Å². The minimum atomic E-state index is -4.20. The zero-order chi connectivity index (χ0) is 31.2. The van der Waals surface area contributed by atoms with Crippen molar-refractivity contribution in [3.8, 4) is 0 Å². The number of halogens is 3. The number of benzene rings is 3. The highest BCUT2D eigenvalue weighted by atomic mass is 35.5. The monoisotopic (exact) mass is 651 g/mol. The molecular weight excluding hydrogens is 617 g/mol. The van der Waals surface area contributed by atoms with Gasteiger partial charge in [0.15, 0.2) is 0 Å². The fourth-order valence-corrected chi connectivity index (χ4v) is 6.19. The maximum absolute atomic E-state index is 14.2. The summed E-state index contributed by atoms with van der Waals surface area (Å²) >= 11 is 18.4. The minimum absolute atomic E-state index is 0.0178. The van der Waals surface area contributed by atoms with Crippen LogP contribution < -0.4 is 9.62 Å². The molecule has 226 valence electrons. The predicted molar refractivity (Wildman–Crippen MR) is 171 cm³/mol. The van der Waals surface area contributed by atoms with Gasteiger partial charge in [-0.25, -0.2) is 8.42 Å². The summed E-state index contributed by atoms with van der Waals surface area (Å²) in [5, 5.41) is 4.00. The third-order valence-corrected chi connectivity index (χ3v) is 9.96. The molecule has 3 rings (SSSR count). The van der Waals surface area contributed by atoms with Crippen LogP contribution in [0, 0.1) is 13.8 Å². The third kappa shape index (κ3) is 8.19. The van der Waals surface area contributed by atoms with Crippen LogP contribution in [0.5, 0.6) is 0 Å². The summed E-state index contributed by atoms with van der Waals surface area (Å²) in [4.78, 5) is 29.0. The molecular formula is C31H36Cl3N3O4S. The number of amides is 2. The number of carbonyl (C=O) groups is 2. The summed E-state index contributed by atoms with van der Waals surface area (Å²) < 4.78 is 29.1. The van der Waals surface area contributed by atoms with E-state index in [1.54, 1.807) is 36.4 Å². The van der Waals surface area contributed by atoms with Crippen LogP contribution in [0.25, 0.3) is 0 Å². The lowest BCUT2D eigenvalue weighted by atomic mass is 10.1. The quantitative estimate of drug-likeness (QED) is 0.225. The van der Waals surface area contributed by atoms with Gasteiger partial charge in [0, 0.05) is 17.6 Å². The highest BCUT2D eigenvalue weighted by Crippen LogP contribution is 2.28. The Morgan fingerprint density at radius 2 is 1.52 bits per heavy atom. The van der Waals surface area contributed by atoms with Crippen molar-refractivity contribution < 1.29 is 18.0 Å². The molecule has 1 N–H and O–H groups in total. The van der Waals surface area contributed by atoms with Crippen molar-refractivity contribution in [3.05, 3.63) is 92.4 Å². The molecule has 0 aromatic heterocycles. The van der Waals surface area contributed by atoms with E-state index < -0.39 is 28.5 Å². The molecule has 0 spiro atoms. The summed E-state index contributed by atoms with van der Waals surface area (Å²) in [6, 6.07) is 15.0. The van der Waals surface area contributed by atoms with Crippen LogP contribution in [0.15, 0.2) is 65.6 Å². The van der Waals surface area contributed by atoms with E-state index in [1.807, 2.05) is 34.6 Å². The molecule has 0 fully saturated rings. The number of aryl methyl sites for hydroxylation is 2. The minimum Gasteiger partial charge on any atom is -0.352 e. The number of hydrogen-bond donors (Lipinski definition) is 1. The Balaban J connectivity index is 2.10. The van der Waals surface area contributed by atoms with Gasteiger partial charge in [-0.05, 0) is 98.8 Å². The highest BCUT2D eigenvalue weighted by Gasteiger charge is 2.34. The van der Waals surface area contributed by atoms with E-state index >= 15 is 0 Å². The van der Waals surface area contributed by atoms with Gasteiger partial charge in [0.25, 0.3) is 10.0 Å². The topological polar surface area (TPSA) is 86.8 Å². The van der Waals surface area contributed by atoms with Crippen molar-refractivity contribution in [2.75, 3.05) is 10.8 Å². The standard InChI is InChI=1S/C31H36Cl3N3O4S/c1-6-22(5)35-31(39)29(7-2)36(18-23-9-15-27(33)28(34)17-23)30(38)19-37(25-12-8-20(3)21(4)16-25)42(40,41)26-13-10-24(32)11-14-26/h8-17,22,29H,6-7,18-19H2,1-5H3,(H,35,39)/t22-,29-/m1/s1. The summed E-state index contributed by atoms with van der Waals surface area (Å²) in [6.07, 6.45) is 1.02. The van der Waals surface area contributed by atoms with E-state index in [0.29, 0.717) is 39.2 Å². The number of sulfonamides is 1. The second-order valence-electron chi connectivity index (χ2n) is 10.2. The zero-order valence-corrected chi connectivity index (χ0v) is 27.4. The first-order valence-corrected chi connectivity index (χ1v) is 16.2. The first-order valence-electron chi connectivity index (χ1n) is 13.7. The van der Waals surface area contributed by atoms with Gasteiger partial charge in [-0.3, -0.25) is 13.9 Å². The lowest BCUT2D eigenvalue weighted by molar-refractivity contribution is -0.140. The maximum atomic E-state index is 14.2. The van der Waals surface area contributed by atoms with Crippen LogP contribution in [-0.4, -0.2) is 43.8 Å². The Morgan fingerprint density at radius 3 is 2.10 bits per heavy atom. The van der Waals surface area contributed by atoms with Crippen LogP contribution >= 0.6 is 34.8 Å². The molecule has 42 heavy (non-hydrogen) atoms. The normalized spacial score (nSPS) is 12.9. The molecule has 3 aromatic carbocycles. The first-order chi connectivity index (χ1) is 19.8. The number of rotatable bonds is 12. The van der Waals surface area contributed by atoms with Crippen molar-refractivity contribution >= 4 is 62.3 Å². The van der Waals surface area contributed by atoms with Crippen LogP contribution in [0.1, 0.15) is 50.3 Å². The molecule has 2 atom stereocenters. The lowest BCUT2D eigenvalue weighted by Gasteiger charge is -2.34. The van der Waals surface area contributed by atoms with E-state index in [0.717, 1.165) is 15.4 Å². The molecule has 0 aliphatic carbocycles. The predicted octanol–water partition coefficient (Wildman–Crippen LogP) is 7.18. The van der Waals surface area contributed by atoms with Crippen LogP contribution in [0.3, 0.4) is 0 Å². The SMILES string of the molecule is CC[C@@H](C)NC(=O)[C@@H](CC)N(Cc1ccc(Cl)c(Cl)c1)C(=O)CN(c1ccc(C)c(C)c1)S(=O)(=O)c1ccc(Cl)cc1. The maximum Gasteiger partial charge on any atom is 0.264 e. The second-order valence-corrected chi connectivity index (χ2v) is 13.4. The van der Waals surface area contributed by atoms with Crippen LogP contribution in [0.2, 0.25) is 15.1 Å². The molecule has 2 amide bonds. The van der Waals surface area contributed by atoms with Crippen molar-refractivity contribution in [2.45, 2.75) is 71.0 Å². The molecule has 7 nitrogen and oxygen atoms in total. The molecule has 3 aromatic rings. The fourth-order valence-electron chi connectivity index (χ4n) is 4.34. The van der Waals surface area contributed by atoms with Crippen molar-refractivity contribution in [1.29, 1.82) is 0 Å². The molecule has 0 saturated heterocycles. The third-order valence-electron chi connectivity index (χ3n) is 7.18. The molecule has 0 aliphatic rings. The molecule has 11 heteroatoms. The van der Waals surface area contributed by atoms with Gasteiger partial charge in [-0.15, -0.1) is 0 Å². The fraction of sp³-hybridized carbons (Fsp3) is 0.355. The Kier molecular flexibility index (Phi) is 11.7. The Hall–Kier alpha value is -2.78. The largest absolute Gasteiger partial charge is 0.352 e. The number of anilines is 1. The van der Waals surface area contributed by atoms with E-state index in [2.05, 4.69) is 5.32 Å². The zero-order valence-electron chi connectivity index (χ0n) is 24.3. The number of nitrogens with zero attached hydrogens (tertiary/aromatic N) is 2. The number of carbonyl (C=O) groups excluding carboxylic acids is 2. The first kappa shape index (κ1) is 33.7. The van der Waals surface area contributed by atoms with E-state index in [9.17, 15) is 18.0 Å². The Bertz CT molecular complexity index is 1530. The van der Waals surface area contributed by atoms with Gasteiger partial charge in [-0.1, -0.05) is 60.8 Å². The summed E-state index contributed by atoms with van der Waals surface area (Å²) in [5.74, 6) is -0.874. The Morgan fingerprint density at radius 1 is 0.857 bits per heavy atom. The average molecular weight is 653 g/mol. The molecule has 0 unspecified atom stereocenters. The second kappa shape index (κ2) is 14.6. The van der Waals surface area contributed by atoms with Gasteiger partial charge >= 0.3 is 0 Å². The molecule has 0 saturated carbocycles. The van der Waals surface area contributed by atoms with Crippen molar-refractivity contribution in [3.63, 3.8) is 0 Å². The van der Waals surface area contributed by atoms with Gasteiger partial charge in [0.05, 0.1) is 20.6 Å². The molecule has 0 heterocycles. The molecule has 0 aliphatic heterocycles.